The molecule has 23 heavy (non-hydrogen) atoms. The normalized spacial score (nSPS) is 26.0. The number of carbonyl (C=O) groups excluding carboxylic acids is 2. The average Bonchev–Trinajstić information content (AvgIpc) is 3.07. The minimum Gasteiger partial charge on any atom is -0.444 e. The largest absolute Gasteiger partial charge is 0.444 e. The number of urea groups is 1. The van der Waals surface area contributed by atoms with Crippen LogP contribution in [0.25, 0.3) is 0 Å². The number of hydrogen-bond donors (Lipinski definition) is 2. The first-order valence-corrected chi connectivity index (χ1v) is 8.41. The van der Waals surface area contributed by atoms with Gasteiger partial charge in [-0.15, -0.1) is 0 Å². The van der Waals surface area contributed by atoms with Crippen molar-refractivity contribution in [2.45, 2.75) is 70.7 Å². The fourth-order valence-electron chi connectivity index (χ4n) is 2.89. The predicted octanol–water partition coefficient (Wildman–Crippen LogP) is 1.86. The van der Waals surface area contributed by atoms with E-state index in [9.17, 15) is 9.59 Å². The van der Waals surface area contributed by atoms with Crippen LogP contribution in [-0.2, 0) is 9.47 Å². The summed E-state index contributed by atoms with van der Waals surface area (Å²) >= 11 is 0. The zero-order valence-electron chi connectivity index (χ0n) is 14.6. The highest BCUT2D eigenvalue weighted by molar-refractivity contribution is 5.75. The highest BCUT2D eigenvalue weighted by atomic mass is 16.6. The molecule has 0 unspecified atom stereocenters. The van der Waals surface area contributed by atoms with Crippen LogP contribution in [0, 0.1) is 0 Å². The lowest BCUT2D eigenvalue weighted by molar-refractivity contribution is 0.0291. The third-order valence-corrected chi connectivity index (χ3v) is 4.06. The van der Waals surface area contributed by atoms with Gasteiger partial charge in [0.15, 0.2) is 0 Å². The predicted molar refractivity (Wildman–Crippen MR) is 86.3 cm³/mol. The summed E-state index contributed by atoms with van der Waals surface area (Å²) in [5.41, 5.74) is -0.503. The van der Waals surface area contributed by atoms with Crippen LogP contribution in [0.1, 0.15) is 47.0 Å². The molecule has 2 fully saturated rings. The van der Waals surface area contributed by atoms with Crippen molar-refractivity contribution in [1.82, 2.24) is 15.5 Å². The molecule has 3 atom stereocenters. The third-order valence-electron chi connectivity index (χ3n) is 4.06. The Morgan fingerprint density at radius 1 is 1.30 bits per heavy atom. The first-order valence-electron chi connectivity index (χ1n) is 8.41. The van der Waals surface area contributed by atoms with Gasteiger partial charge in [0.2, 0.25) is 0 Å². The standard InChI is InChI=1S/C16H29N3O4/c1-11(13-6-5-9-22-13)17-14(20)18-12-7-8-19(10-12)15(21)23-16(2,3)4/h11-13H,5-10H2,1-4H3,(H2,17,18,20)/t11-,12-,13+/m0/s1. The van der Waals surface area contributed by atoms with E-state index in [1.165, 1.54) is 0 Å². The van der Waals surface area contributed by atoms with Crippen molar-refractivity contribution < 1.29 is 19.1 Å². The maximum absolute atomic E-state index is 12.1. The molecule has 3 amide bonds. The first kappa shape index (κ1) is 17.8. The van der Waals surface area contributed by atoms with Gasteiger partial charge in [0.1, 0.15) is 5.60 Å². The number of nitrogens with zero attached hydrogens (tertiary/aromatic N) is 1. The average molecular weight is 327 g/mol. The fourth-order valence-corrected chi connectivity index (χ4v) is 2.89. The van der Waals surface area contributed by atoms with Crippen molar-refractivity contribution in [3.8, 4) is 0 Å². The molecule has 2 N–H and O–H groups in total. The van der Waals surface area contributed by atoms with E-state index in [0.717, 1.165) is 25.9 Å². The van der Waals surface area contributed by atoms with Gasteiger partial charge >= 0.3 is 12.1 Å². The molecule has 132 valence electrons. The molecule has 0 aromatic heterocycles. The van der Waals surface area contributed by atoms with Gasteiger partial charge in [0, 0.05) is 25.7 Å². The van der Waals surface area contributed by atoms with Crippen LogP contribution in [0.15, 0.2) is 0 Å². The fraction of sp³-hybridized carbons (Fsp3) is 0.875. The number of hydrogen-bond acceptors (Lipinski definition) is 4. The molecular weight excluding hydrogens is 298 g/mol. The summed E-state index contributed by atoms with van der Waals surface area (Å²) < 4.78 is 10.9. The van der Waals surface area contributed by atoms with Crippen LogP contribution in [0.4, 0.5) is 9.59 Å². The molecule has 0 aromatic rings. The zero-order chi connectivity index (χ0) is 17.0. The van der Waals surface area contributed by atoms with E-state index >= 15 is 0 Å². The molecule has 0 bridgehead atoms. The van der Waals surface area contributed by atoms with Crippen molar-refractivity contribution in [3.63, 3.8) is 0 Å². The van der Waals surface area contributed by atoms with Crippen LogP contribution in [0.3, 0.4) is 0 Å². The molecule has 2 aliphatic rings. The Morgan fingerprint density at radius 3 is 2.65 bits per heavy atom. The molecule has 0 spiro atoms. The van der Waals surface area contributed by atoms with Gasteiger partial charge < -0.3 is 25.0 Å². The van der Waals surface area contributed by atoms with Gasteiger partial charge in [-0.2, -0.15) is 0 Å². The number of amides is 3. The number of rotatable bonds is 3. The second-order valence-electron chi connectivity index (χ2n) is 7.37. The van der Waals surface area contributed by atoms with Crippen LogP contribution >= 0.6 is 0 Å². The molecule has 2 aliphatic heterocycles. The minimum absolute atomic E-state index is 0.0131. The lowest BCUT2D eigenvalue weighted by atomic mass is 10.1. The summed E-state index contributed by atoms with van der Waals surface area (Å²) in [6, 6.07) is -0.260. The van der Waals surface area contributed by atoms with Crippen molar-refractivity contribution in [1.29, 1.82) is 0 Å². The Balaban J connectivity index is 1.72. The summed E-state index contributed by atoms with van der Waals surface area (Å²) in [7, 11) is 0. The molecule has 7 nitrogen and oxygen atoms in total. The number of ether oxygens (including phenoxy) is 2. The molecule has 0 aliphatic carbocycles. The van der Waals surface area contributed by atoms with Gasteiger partial charge in [-0.3, -0.25) is 0 Å². The topological polar surface area (TPSA) is 79.9 Å². The summed E-state index contributed by atoms with van der Waals surface area (Å²) in [5.74, 6) is 0. The summed E-state index contributed by atoms with van der Waals surface area (Å²) in [5, 5.41) is 5.85. The second kappa shape index (κ2) is 7.38. The molecule has 7 heteroatoms. The number of carbonyl (C=O) groups is 2. The van der Waals surface area contributed by atoms with Crippen molar-refractivity contribution in [3.05, 3.63) is 0 Å². The van der Waals surface area contributed by atoms with E-state index in [1.54, 1.807) is 4.90 Å². The van der Waals surface area contributed by atoms with Crippen molar-refractivity contribution >= 4 is 12.1 Å². The highest BCUT2D eigenvalue weighted by Crippen LogP contribution is 2.16. The minimum atomic E-state index is -0.503. The molecular formula is C16H29N3O4. The monoisotopic (exact) mass is 327 g/mol. The van der Waals surface area contributed by atoms with E-state index in [-0.39, 0.29) is 30.3 Å². The van der Waals surface area contributed by atoms with Crippen LogP contribution in [0.5, 0.6) is 0 Å². The van der Waals surface area contributed by atoms with Crippen LogP contribution in [0.2, 0.25) is 0 Å². The van der Waals surface area contributed by atoms with E-state index in [1.807, 2.05) is 27.7 Å². The van der Waals surface area contributed by atoms with E-state index in [0.29, 0.717) is 13.1 Å². The van der Waals surface area contributed by atoms with Gasteiger partial charge in [-0.05, 0) is 47.0 Å². The maximum Gasteiger partial charge on any atom is 0.410 e. The third kappa shape index (κ3) is 5.57. The molecule has 2 saturated heterocycles. The first-order chi connectivity index (χ1) is 10.7. The van der Waals surface area contributed by atoms with Crippen molar-refractivity contribution in [2.75, 3.05) is 19.7 Å². The van der Waals surface area contributed by atoms with Gasteiger partial charge in [-0.25, -0.2) is 9.59 Å². The Kier molecular flexibility index (Phi) is 5.73. The molecule has 2 rings (SSSR count). The highest BCUT2D eigenvalue weighted by Gasteiger charge is 2.31. The van der Waals surface area contributed by atoms with Crippen LogP contribution < -0.4 is 10.6 Å². The maximum atomic E-state index is 12.1. The van der Waals surface area contributed by atoms with Gasteiger partial charge in [-0.1, -0.05) is 0 Å². The lowest BCUT2D eigenvalue weighted by Crippen LogP contribution is -2.49. The molecule has 2 heterocycles. The quantitative estimate of drug-likeness (QED) is 0.829. The van der Waals surface area contributed by atoms with Gasteiger partial charge in [0.25, 0.3) is 0 Å². The number of likely N-dealkylation sites (tertiary alicyclic amines) is 1. The van der Waals surface area contributed by atoms with E-state index < -0.39 is 5.60 Å². The molecule has 0 aromatic carbocycles. The van der Waals surface area contributed by atoms with Crippen LogP contribution in [-0.4, -0.2) is 60.5 Å². The zero-order valence-corrected chi connectivity index (χ0v) is 14.6. The summed E-state index contributed by atoms with van der Waals surface area (Å²) in [4.78, 5) is 25.7. The van der Waals surface area contributed by atoms with Crippen molar-refractivity contribution in [2.24, 2.45) is 0 Å². The Bertz CT molecular complexity index is 430. The second-order valence-corrected chi connectivity index (χ2v) is 7.37. The number of nitrogens with one attached hydrogen (secondary N) is 2. The SMILES string of the molecule is C[C@H](NC(=O)N[C@H]1CCN(C(=O)OC(C)(C)C)C1)[C@H]1CCCO1. The molecule has 0 radical (unpaired) electrons. The summed E-state index contributed by atoms with van der Waals surface area (Å²) in [6.07, 6.45) is 2.54. The Hall–Kier alpha value is -1.50. The Labute approximate surface area is 138 Å². The Morgan fingerprint density at radius 2 is 2.04 bits per heavy atom. The van der Waals surface area contributed by atoms with Gasteiger partial charge in [0.05, 0.1) is 12.1 Å². The van der Waals surface area contributed by atoms with E-state index in [2.05, 4.69) is 10.6 Å². The lowest BCUT2D eigenvalue weighted by Gasteiger charge is -2.25. The summed E-state index contributed by atoms with van der Waals surface area (Å²) in [6.45, 7) is 9.34. The van der Waals surface area contributed by atoms with E-state index in [4.69, 9.17) is 9.47 Å². The smallest absolute Gasteiger partial charge is 0.410 e. The molecule has 0 saturated carbocycles.